The van der Waals surface area contributed by atoms with Crippen molar-refractivity contribution in [2.75, 3.05) is 18.5 Å². The van der Waals surface area contributed by atoms with Crippen LogP contribution in [-0.2, 0) is 26.6 Å². The predicted molar refractivity (Wildman–Crippen MR) is 114 cm³/mol. The third kappa shape index (κ3) is 5.80. The lowest BCUT2D eigenvalue weighted by molar-refractivity contribution is 0.213. The van der Waals surface area contributed by atoms with Crippen LogP contribution in [0.1, 0.15) is 50.9 Å². The number of anilines is 1. The number of hydrogen-bond donors (Lipinski definition) is 1. The van der Waals surface area contributed by atoms with Gasteiger partial charge in [-0.25, -0.2) is 15.0 Å². The molecule has 0 spiro atoms. The van der Waals surface area contributed by atoms with Gasteiger partial charge < -0.3 is 18.9 Å². The van der Waals surface area contributed by atoms with Gasteiger partial charge in [0.15, 0.2) is 10.9 Å². The first kappa shape index (κ1) is 23.4. The molecule has 2 heterocycles. The third-order valence-corrected chi connectivity index (χ3v) is 6.59. The second kappa shape index (κ2) is 11.3. The van der Waals surface area contributed by atoms with E-state index in [1.54, 1.807) is 36.9 Å². The lowest BCUT2D eigenvalue weighted by Gasteiger charge is -2.28. The number of aromatic nitrogens is 4. The zero-order valence-corrected chi connectivity index (χ0v) is 18.6. The molecular formula is C19H27ClN5O3P. The van der Waals surface area contributed by atoms with Gasteiger partial charge in [0, 0.05) is 18.8 Å². The molecule has 0 aromatic carbocycles. The van der Waals surface area contributed by atoms with Crippen LogP contribution in [0.5, 0.6) is 0 Å². The normalized spacial score (nSPS) is 12.5. The van der Waals surface area contributed by atoms with Crippen molar-refractivity contribution in [2.45, 2.75) is 52.4 Å². The van der Waals surface area contributed by atoms with E-state index >= 15 is 0 Å². The standard InChI is InChI=1S/C19H27ClN5O3P/c1-5-9-11-15-23-17(20)16(25(15)14-6-2)18(24-19-21-12-10-13-22-19)29(26,27-7-3)28-8-4/h2,10,12-13,18H,5,7-9,11,14H2,1,3-4H3,(H,21,22,24). The molecule has 8 nitrogen and oxygen atoms in total. The molecule has 1 unspecified atom stereocenters. The van der Waals surface area contributed by atoms with Crippen LogP contribution in [0.4, 0.5) is 5.95 Å². The predicted octanol–water partition coefficient (Wildman–Crippen LogP) is 4.68. The third-order valence-electron chi connectivity index (χ3n) is 4.07. The summed E-state index contributed by atoms with van der Waals surface area (Å²) < 4.78 is 26.7. The highest BCUT2D eigenvalue weighted by Crippen LogP contribution is 2.61. The minimum absolute atomic E-state index is 0.189. The summed E-state index contributed by atoms with van der Waals surface area (Å²) in [5, 5.41) is 3.26. The number of nitrogens with zero attached hydrogens (tertiary/aromatic N) is 4. The molecule has 0 saturated heterocycles. The Bertz CT molecular complexity index is 859. The first-order valence-corrected chi connectivity index (χ1v) is 11.6. The molecular weight excluding hydrogens is 413 g/mol. The van der Waals surface area contributed by atoms with Crippen LogP contribution in [-0.4, -0.2) is 32.7 Å². The number of imidazole rings is 1. The number of terminal acetylenes is 1. The van der Waals surface area contributed by atoms with Gasteiger partial charge in [-0.05, 0) is 26.3 Å². The van der Waals surface area contributed by atoms with Crippen molar-refractivity contribution in [3.63, 3.8) is 0 Å². The average Bonchev–Trinajstić information content (AvgIpc) is 3.01. The van der Waals surface area contributed by atoms with E-state index in [0.29, 0.717) is 12.1 Å². The van der Waals surface area contributed by atoms with Gasteiger partial charge in [0.1, 0.15) is 5.82 Å². The van der Waals surface area contributed by atoms with Crippen LogP contribution >= 0.6 is 19.2 Å². The van der Waals surface area contributed by atoms with E-state index < -0.39 is 13.4 Å². The Morgan fingerprint density at radius 3 is 2.48 bits per heavy atom. The summed E-state index contributed by atoms with van der Waals surface area (Å²) in [6.45, 7) is 6.18. The van der Waals surface area contributed by atoms with Crippen molar-refractivity contribution in [3.8, 4) is 12.3 Å². The zero-order valence-electron chi connectivity index (χ0n) is 17.0. The van der Waals surface area contributed by atoms with Crippen LogP contribution < -0.4 is 5.32 Å². The van der Waals surface area contributed by atoms with Crippen LogP contribution in [0.3, 0.4) is 0 Å². The smallest absolute Gasteiger partial charge is 0.335 e. The number of aryl methyl sites for hydroxylation is 1. The van der Waals surface area contributed by atoms with Gasteiger partial charge in [-0.2, -0.15) is 0 Å². The molecule has 2 aromatic rings. The Hall–Kier alpha value is -1.91. The van der Waals surface area contributed by atoms with Crippen molar-refractivity contribution < 1.29 is 13.6 Å². The van der Waals surface area contributed by atoms with Gasteiger partial charge in [-0.3, -0.25) is 4.57 Å². The van der Waals surface area contributed by atoms with Crippen LogP contribution in [0.25, 0.3) is 0 Å². The summed E-state index contributed by atoms with van der Waals surface area (Å²) in [6, 6.07) is 1.68. The van der Waals surface area contributed by atoms with E-state index in [2.05, 4.69) is 33.1 Å². The molecule has 0 bridgehead atoms. The molecule has 0 aliphatic carbocycles. The van der Waals surface area contributed by atoms with Crippen molar-refractivity contribution in [2.24, 2.45) is 0 Å². The number of rotatable bonds is 12. The minimum atomic E-state index is -3.71. The second-order valence-corrected chi connectivity index (χ2v) is 8.56. The molecule has 0 saturated carbocycles. The molecule has 2 rings (SSSR count). The summed E-state index contributed by atoms with van der Waals surface area (Å²) in [7, 11) is -3.71. The largest absolute Gasteiger partial charge is 0.358 e. The van der Waals surface area contributed by atoms with Crippen molar-refractivity contribution >= 4 is 25.1 Å². The van der Waals surface area contributed by atoms with Gasteiger partial charge >= 0.3 is 7.60 Å². The van der Waals surface area contributed by atoms with Crippen LogP contribution in [0.2, 0.25) is 5.15 Å². The van der Waals surface area contributed by atoms with Gasteiger partial charge in [-0.1, -0.05) is 30.9 Å². The zero-order chi connectivity index (χ0) is 21.3. The Kier molecular flexibility index (Phi) is 9.12. The quantitative estimate of drug-likeness (QED) is 0.379. The fourth-order valence-corrected chi connectivity index (χ4v) is 5.19. The highest BCUT2D eigenvalue weighted by Gasteiger charge is 2.42. The van der Waals surface area contributed by atoms with Crippen LogP contribution in [0, 0.1) is 12.3 Å². The van der Waals surface area contributed by atoms with E-state index in [4.69, 9.17) is 27.1 Å². The maximum atomic E-state index is 13.7. The van der Waals surface area contributed by atoms with Crippen molar-refractivity contribution in [1.82, 2.24) is 19.5 Å². The number of halogens is 1. The molecule has 2 aromatic heterocycles. The summed E-state index contributed by atoms with van der Waals surface area (Å²) >= 11 is 6.52. The van der Waals surface area contributed by atoms with Gasteiger partial charge in [0.25, 0.3) is 0 Å². The molecule has 158 valence electrons. The Morgan fingerprint density at radius 1 is 1.28 bits per heavy atom. The number of hydrogen-bond acceptors (Lipinski definition) is 7. The van der Waals surface area contributed by atoms with E-state index in [1.165, 1.54) is 0 Å². The van der Waals surface area contributed by atoms with E-state index in [9.17, 15) is 4.57 Å². The highest BCUT2D eigenvalue weighted by molar-refractivity contribution is 7.54. The number of unbranched alkanes of at least 4 members (excludes halogenated alkanes) is 1. The van der Waals surface area contributed by atoms with Gasteiger partial charge in [-0.15, -0.1) is 6.42 Å². The maximum Gasteiger partial charge on any atom is 0.358 e. The fraction of sp³-hybridized carbons (Fsp3) is 0.526. The molecule has 1 atom stereocenters. The second-order valence-electron chi connectivity index (χ2n) is 6.09. The molecule has 0 aliphatic heterocycles. The van der Waals surface area contributed by atoms with Gasteiger partial charge in [0.2, 0.25) is 5.95 Å². The Labute approximate surface area is 176 Å². The molecule has 0 radical (unpaired) electrons. The molecule has 1 N–H and O–H groups in total. The lowest BCUT2D eigenvalue weighted by Crippen LogP contribution is -2.21. The summed E-state index contributed by atoms with van der Waals surface area (Å²) in [6.07, 6.45) is 11.4. The van der Waals surface area contributed by atoms with Crippen molar-refractivity contribution in [1.29, 1.82) is 0 Å². The van der Waals surface area contributed by atoms with E-state index in [1.807, 2.05) is 0 Å². The monoisotopic (exact) mass is 439 g/mol. The summed E-state index contributed by atoms with van der Waals surface area (Å²) in [5.74, 6) is 2.63. The summed E-state index contributed by atoms with van der Waals surface area (Å²) in [5.41, 5.74) is 0.438. The highest BCUT2D eigenvalue weighted by atomic mass is 35.5. The Morgan fingerprint density at radius 2 is 1.93 bits per heavy atom. The molecule has 29 heavy (non-hydrogen) atoms. The van der Waals surface area contributed by atoms with Gasteiger partial charge in [0.05, 0.1) is 25.5 Å². The Balaban J connectivity index is 2.62. The van der Waals surface area contributed by atoms with Crippen LogP contribution in [0.15, 0.2) is 18.5 Å². The average molecular weight is 440 g/mol. The molecule has 0 fully saturated rings. The topological polar surface area (TPSA) is 91.2 Å². The first-order chi connectivity index (χ1) is 14.0. The summed E-state index contributed by atoms with van der Waals surface area (Å²) in [4.78, 5) is 12.8. The molecule has 10 heteroatoms. The molecule has 0 aliphatic rings. The minimum Gasteiger partial charge on any atom is -0.335 e. The fourth-order valence-electron chi connectivity index (χ4n) is 2.87. The van der Waals surface area contributed by atoms with E-state index in [0.717, 1.165) is 18.7 Å². The van der Waals surface area contributed by atoms with E-state index in [-0.39, 0.29) is 30.9 Å². The maximum absolute atomic E-state index is 13.7. The SMILES string of the molecule is C#CCn1c(CCCC)nc(Cl)c1C(Nc1ncccn1)P(=O)(OCC)OCC. The molecule has 0 amide bonds. The lowest BCUT2D eigenvalue weighted by atomic mass is 10.2. The first-order valence-electron chi connectivity index (χ1n) is 9.61. The number of nitrogens with one attached hydrogen (secondary N) is 1. The van der Waals surface area contributed by atoms with Crippen molar-refractivity contribution in [3.05, 3.63) is 35.1 Å².